The minimum absolute atomic E-state index is 0.0773. The first kappa shape index (κ1) is 13.0. The summed E-state index contributed by atoms with van der Waals surface area (Å²) in [6.45, 7) is 1.99. The fourth-order valence-electron chi connectivity index (χ4n) is 3.61. The lowest BCUT2D eigenvalue weighted by Gasteiger charge is -2.25. The molecule has 4 rings (SSSR count). The molecule has 2 atom stereocenters. The number of nitrogens with zero attached hydrogens (tertiary/aromatic N) is 1. The molecule has 2 aromatic rings. The monoisotopic (exact) mass is 301 g/mol. The number of nitrogens with one attached hydrogen (secondary N) is 2. The summed E-state index contributed by atoms with van der Waals surface area (Å²) in [5.41, 5.74) is 3.46. The maximum absolute atomic E-state index is 12.6. The molecule has 1 aliphatic carbocycles. The van der Waals surface area contributed by atoms with Crippen LogP contribution < -0.4 is 10.7 Å². The Morgan fingerprint density at radius 2 is 2.24 bits per heavy atom. The van der Waals surface area contributed by atoms with Crippen LogP contribution in [0.5, 0.6) is 0 Å². The molecule has 2 aliphatic rings. The van der Waals surface area contributed by atoms with Crippen molar-refractivity contribution in [3.05, 3.63) is 50.9 Å². The fourth-order valence-corrected chi connectivity index (χ4v) is 3.82. The summed E-state index contributed by atoms with van der Waals surface area (Å²) >= 11 is 6.14. The third-order valence-corrected chi connectivity index (χ3v) is 5.03. The minimum atomic E-state index is 0.0773. The lowest BCUT2D eigenvalue weighted by molar-refractivity contribution is 0.450. The van der Waals surface area contributed by atoms with Crippen LogP contribution in [-0.4, -0.2) is 23.1 Å². The van der Waals surface area contributed by atoms with E-state index in [1.165, 1.54) is 0 Å². The number of aromatic amines is 1. The molecule has 0 amide bonds. The van der Waals surface area contributed by atoms with E-state index in [0.29, 0.717) is 28.2 Å². The van der Waals surface area contributed by atoms with E-state index >= 15 is 0 Å². The summed E-state index contributed by atoms with van der Waals surface area (Å²) in [6.07, 6.45) is 5.58. The van der Waals surface area contributed by atoms with Gasteiger partial charge in [0, 0.05) is 36.5 Å². The zero-order valence-electron chi connectivity index (χ0n) is 11.5. The zero-order valence-corrected chi connectivity index (χ0v) is 12.3. The van der Waals surface area contributed by atoms with Gasteiger partial charge in [0.15, 0.2) is 5.43 Å². The molecule has 1 aliphatic heterocycles. The summed E-state index contributed by atoms with van der Waals surface area (Å²) in [4.78, 5) is 20.2. The van der Waals surface area contributed by atoms with Gasteiger partial charge in [0.2, 0.25) is 0 Å². The highest BCUT2D eigenvalue weighted by atomic mass is 35.5. The summed E-state index contributed by atoms with van der Waals surface area (Å²) in [5, 5.41) is 4.02. The quantitative estimate of drug-likeness (QED) is 0.850. The first-order chi connectivity index (χ1) is 10.2. The second kappa shape index (κ2) is 4.97. The predicted octanol–water partition coefficient (Wildman–Crippen LogP) is 2.34. The van der Waals surface area contributed by atoms with Crippen molar-refractivity contribution in [2.45, 2.75) is 18.8 Å². The second-order valence-corrected chi connectivity index (χ2v) is 6.26. The fraction of sp³-hybridized carbons (Fsp3) is 0.375. The zero-order chi connectivity index (χ0) is 14.4. The summed E-state index contributed by atoms with van der Waals surface area (Å²) < 4.78 is 0. The number of H-pyrrole nitrogens is 1. The van der Waals surface area contributed by atoms with Crippen molar-refractivity contribution in [3.8, 4) is 11.4 Å². The highest BCUT2D eigenvalue weighted by molar-refractivity contribution is 6.33. The van der Waals surface area contributed by atoms with Crippen molar-refractivity contribution in [1.82, 2.24) is 15.3 Å². The Balaban J connectivity index is 1.89. The molecule has 0 spiro atoms. The Bertz CT molecular complexity index is 755. The molecular weight excluding hydrogens is 286 g/mol. The van der Waals surface area contributed by atoms with Crippen LogP contribution in [0.25, 0.3) is 11.4 Å². The Morgan fingerprint density at radius 3 is 3.05 bits per heavy atom. The molecule has 1 unspecified atom stereocenters. The van der Waals surface area contributed by atoms with E-state index in [1.54, 1.807) is 18.3 Å². The van der Waals surface area contributed by atoms with Gasteiger partial charge in [0.05, 0.1) is 16.4 Å². The third kappa shape index (κ3) is 2.10. The van der Waals surface area contributed by atoms with Crippen LogP contribution in [-0.2, 0) is 6.42 Å². The standard InChI is InChI=1S/C16H16ClN3O/c17-13-3-4-19-16(13)14-5-15(21)10-2-1-9-6-18-7-11(9)12(10)8-20-14/h3-5,8-9,11,18-19H,1-2,6-7H2/t9?,11-/m0/s1. The molecule has 0 radical (unpaired) electrons. The summed E-state index contributed by atoms with van der Waals surface area (Å²) in [7, 11) is 0. The van der Waals surface area contributed by atoms with Crippen LogP contribution >= 0.6 is 11.6 Å². The van der Waals surface area contributed by atoms with E-state index in [-0.39, 0.29) is 5.43 Å². The number of aromatic nitrogens is 2. The van der Waals surface area contributed by atoms with Crippen molar-refractivity contribution in [2.75, 3.05) is 13.1 Å². The van der Waals surface area contributed by atoms with Crippen molar-refractivity contribution < 1.29 is 0 Å². The van der Waals surface area contributed by atoms with Crippen molar-refractivity contribution in [3.63, 3.8) is 0 Å². The van der Waals surface area contributed by atoms with Gasteiger partial charge in [-0.1, -0.05) is 11.6 Å². The van der Waals surface area contributed by atoms with E-state index in [4.69, 9.17) is 11.6 Å². The van der Waals surface area contributed by atoms with E-state index in [9.17, 15) is 4.79 Å². The number of rotatable bonds is 1. The topological polar surface area (TPSA) is 57.8 Å². The van der Waals surface area contributed by atoms with Crippen LogP contribution in [0, 0.1) is 5.92 Å². The molecule has 5 heteroatoms. The van der Waals surface area contributed by atoms with E-state index < -0.39 is 0 Å². The average molecular weight is 302 g/mol. The SMILES string of the molecule is O=c1cc(-c2[nH]ccc2Cl)ncc2c1CCC1CNC[C@H]21. The molecule has 2 N–H and O–H groups in total. The molecular formula is C16H16ClN3O. The normalized spacial score (nSPS) is 23.7. The molecule has 1 fully saturated rings. The summed E-state index contributed by atoms with van der Waals surface area (Å²) in [5.74, 6) is 1.06. The maximum atomic E-state index is 12.6. The van der Waals surface area contributed by atoms with Gasteiger partial charge in [0.1, 0.15) is 0 Å². The van der Waals surface area contributed by atoms with Crippen LogP contribution in [0.4, 0.5) is 0 Å². The van der Waals surface area contributed by atoms with Gasteiger partial charge in [0.25, 0.3) is 0 Å². The number of hydrogen-bond acceptors (Lipinski definition) is 3. The molecule has 108 valence electrons. The number of halogens is 1. The Kier molecular flexibility index (Phi) is 3.08. The van der Waals surface area contributed by atoms with Gasteiger partial charge >= 0.3 is 0 Å². The van der Waals surface area contributed by atoms with Gasteiger partial charge in [-0.05, 0) is 36.9 Å². The first-order valence-electron chi connectivity index (χ1n) is 7.31. The lowest BCUT2D eigenvalue weighted by atomic mass is 9.78. The smallest absolute Gasteiger partial charge is 0.184 e. The van der Waals surface area contributed by atoms with Crippen molar-refractivity contribution >= 4 is 11.6 Å². The van der Waals surface area contributed by atoms with E-state index in [2.05, 4.69) is 15.3 Å². The Morgan fingerprint density at radius 1 is 1.33 bits per heavy atom. The molecule has 4 nitrogen and oxygen atoms in total. The minimum Gasteiger partial charge on any atom is -0.359 e. The van der Waals surface area contributed by atoms with E-state index in [0.717, 1.165) is 37.1 Å². The largest absolute Gasteiger partial charge is 0.359 e. The average Bonchev–Trinajstić information content (AvgIpc) is 3.08. The van der Waals surface area contributed by atoms with Gasteiger partial charge in [-0.15, -0.1) is 0 Å². The number of hydrogen-bond donors (Lipinski definition) is 2. The number of fused-ring (bicyclic) bond motifs is 3. The molecule has 2 aromatic heterocycles. The van der Waals surface area contributed by atoms with Gasteiger partial charge in [-0.25, -0.2) is 0 Å². The van der Waals surface area contributed by atoms with Crippen LogP contribution in [0.15, 0.2) is 29.3 Å². The molecule has 0 aromatic carbocycles. The van der Waals surface area contributed by atoms with Crippen molar-refractivity contribution in [1.29, 1.82) is 0 Å². The lowest BCUT2D eigenvalue weighted by Crippen LogP contribution is -2.22. The molecule has 21 heavy (non-hydrogen) atoms. The molecule has 0 saturated carbocycles. The Hall–Kier alpha value is -1.65. The molecule has 0 bridgehead atoms. The van der Waals surface area contributed by atoms with Gasteiger partial charge in [-0.3, -0.25) is 9.78 Å². The van der Waals surface area contributed by atoms with Crippen molar-refractivity contribution in [2.24, 2.45) is 5.92 Å². The van der Waals surface area contributed by atoms with Crippen LogP contribution in [0.1, 0.15) is 23.5 Å². The van der Waals surface area contributed by atoms with E-state index in [1.807, 2.05) is 6.20 Å². The first-order valence-corrected chi connectivity index (χ1v) is 7.69. The van der Waals surface area contributed by atoms with Crippen LogP contribution in [0.2, 0.25) is 5.02 Å². The second-order valence-electron chi connectivity index (χ2n) is 5.85. The predicted molar refractivity (Wildman–Crippen MR) is 82.7 cm³/mol. The highest BCUT2D eigenvalue weighted by Crippen LogP contribution is 2.37. The highest BCUT2D eigenvalue weighted by Gasteiger charge is 2.34. The molecule has 3 heterocycles. The Labute approximate surface area is 127 Å². The maximum Gasteiger partial charge on any atom is 0.184 e. The van der Waals surface area contributed by atoms with Crippen LogP contribution in [0.3, 0.4) is 0 Å². The van der Waals surface area contributed by atoms with Gasteiger partial charge in [-0.2, -0.15) is 0 Å². The molecule has 1 saturated heterocycles. The van der Waals surface area contributed by atoms with Gasteiger partial charge < -0.3 is 10.3 Å². The summed E-state index contributed by atoms with van der Waals surface area (Å²) in [6, 6.07) is 3.38. The third-order valence-electron chi connectivity index (χ3n) is 4.71.